The molecule has 2 aliphatic rings. The summed E-state index contributed by atoms with van der Waals surface area (Å²) in [6.45, 7) is 4.61. The molecule has 1 unspecified atom stereocenters. The fraction of sp³-hybridized carbons (Fsp3) is 0.333. The van der Waals surface area contributed by atoms with Gasteiger partial charge < -0.3 is 4.90 Å². The molecule has 1 atom stereocenters. The van der Waals surface area contributed by atoms with Gasteiger partial charge in [-0.05, 0) is 67.6 Å². The smallest absolute Gasteiger partial charge is 0.309 e. The van der Waals surface area contributed by atoms with E-state index in [-0.39, 0.29) is 11.9 Å². The highest BCUT2D eigenvalue weighted by Gasteiger charge is 2.59. The Balaban J connectivity index is 1.74. The number of amides is 3. The Morgan fingerprint density at radius 2 is 1.69 bits per heavy atom. The second-order valence-electron chi connectivity index (χ2n) is 7.36. The van der Waals surface area contributed by atoms with Gasteiger partial charge in [0.05, 0.1) is 5.69 Å². The molecular weight excluding hydrogens is 392 g/mol. The van der Waals surface area contributed by atoms with Crippen molar-refractivity contribution in [3.63, 3.8) is 0 Å². The van der Waals surface area contributed by atoms with Crippen molar-refractivity contribution in [2.24, 2.45) is 0 Å². The van der Waals surface area contributed by atoms with Gasteiger partial charge in [0, 0.05) is 17.4 Å². The summed E-state index contributed by atoms with van der Waals surface area (Å²) in [5.74, 6) is -0.0899. The van der Waals surface area contributed by atoms with Crippen molar-refractivity contribution in [2.75, 3.05) is 11.4 Å². The van der Waals surface area contributed by atoms with Crippen molar-refractivity contribution in [3.8, 4) is 0 Å². The molecule has 2 fully saturated rings. The van der Waals surface area contributed by atoms with E-state index in [1.807, 2.05) is 56.3 Å². The summed E-state index contributed by atoms with van der Waals surface area (Å²) in [7, 11) is 0. The predicted octanol–water partition coefficient (Wildman–Crippen LogP) is 4.61. The van der Waals surface area contributed by atoms with Crippen LogP contribution in [0.25, 0.3) is 0 Å². The highest BCUT2D eigenvalue weighted by Crippen LogP contribution is 2.42. The molecule has 4 nitrogen and oxygen atoms in total. The van der Waals surface area contributed by atoms with Crippen LogP contribution in [0.3, 0.4) is 0 Å². The average molecular weight is 413 g/mol. The van der Waals surface area contributed by atoms with Crippen molar-refractivity contribution in [3.05, 3.63) is 63.6 Å². The number of carbonyl (C=O) groups is 2. The number of benzene rings is 2. The van der Waals surface area contributed by atoms with Crippen LogP contribution in [0.1, 0.15) is 29.5 Å². The van der Waals surface area contributed by atoms with Gasteiger partial charge in [-0.25, -0.2) is 9.69 Å². The van der Waals surface area contributed by atoms with Crippen molar-refractivity contribution < 1.29 is 9.59 Å². The number of hydrogen-bond acceptors (Lipinski definition) is 2. The number of rotatable bonds is 3. The highest BCUT2D eigenvalue weighted by molar-refractivity contribution is 9.10. The van der Waals surface area contributed by atoms with Gasteiger partial charge in [-0.2, -0.15) is 0 Å². The number of anilines is 1. The molecule has 0 N–H and O–H groups in total. The van der Waals surface area contributed by atoms with E-state index < -0.39 is 5.54 Å². The SMILES string of the molecule is Cc1cc(C)cc(N2C(=O)N3CCCC3(Cc3ccc(Br)cc3)C2=O)c1. The molecule has 2 aliphatic heterocycles. The van der Waals surface area contributed by atoms with Crippen LogP contribution < -0.4 is 4.90 Å². The van der Waals surface area contributed by atoms with Crippen LogP contribution in [0, 0.1) is 13.8 Å². The van der Waals surface area contributed by atoms with Crippen LogP contribution in [-0.4, -0.2) is 28.9 Å². The lowest BCUT2D eigenvalue weighted by Crippen LogP contribution is -2.47. The van der Waals surface area contributed by atoms with Gasteiger partial charge in [0.1, 0.15) is 5.54 Å². The zero-order chi connectivity index (χ0) is 18.5. The van der Waals surface area contributed by atoms with Crippen LogP contribution in [0.15, 0.2) is 46.9 Å². The van der Waals surface area contributed by atoms with Gasteiger partial charge in [-0.15, -0.1) is 0 Å². The van der Waals surface area contributed by atoms with Crippen LogP contribution in [0.5, 0.6) is 0 Å². The molecule has 0 aromatic heterocycles. The van der Waals surface area contributed by atoms with Crippen molar-refractivity contribution >= 4 is 33.6 Å². The Morgan fingerprint density at radius 3 is 2.35 bits per heavy atom. The Kier molecular flexibility index (Phi) is 4.14. The summed E-state index contributed by atoms with van der Waals surface area (Å²) < 4.78 is 1.01. The lowest BCUT2D eigenvalue weighted by Gasteiger charge is -2.28. The minimum Gasteiger partial charge on any atom is -0.309 e. The van der Waals surface area contributed by atoms with Crippen molar-refractivity contribution in [1.29, 1.82) is 0 Å². The Bertz CT molecular complexity index is 873. The molecular formula is C21H21BrN2O2. The molecule has 26 heavy (non-hydrogen) atoms. The topological polar surface area (TPSA) is 40.6 Å². The van der Waals surface area contributed by atoms with Gasteiger partial charge in [0.15, 0.2) is 0 Å². The van der Waals surface area contributed by atoms with E-state index in [1.54, 1.807) is 4.90 Å². The van der Waals surface area contributed by atoms with Gasteiger partial charge in [0.2, 0.25) is 0 Å². The van der Waals surface area contributed by atoms with E-state index in [4.69, 9.17) is 0 Å². The number of nitrogens with zero attached hydrogens (tertiary/aromatic N) is 2. The normalized spacial score (nSPS) is 22.3. The quantitative estimate of drug-likeness (QED) is 0.690. The molecule has 0 bridgehead atoms. The number of carbonyl (C=O) groups excluding carboxylic acids is 2. The number of imide groups is 1. The largest absolute Gasteiger partial charge is 0.332 e. The molecule has 0 radical (unpaired) electrons. The number of urea groups is 1. The van der Waals surface area contributed by atoms with E-state index in [9.17, 15) is 9.59 Å². The Morgan fingerprint density at radius 1 is 1.04 bits per heavy atom. The van der Waals surface area contributed by atoms with E-state index in [0.29, 0.717) is 18.7 Å². The first kappa shape index (κ1) is 17.3. The summed E-state index contributed by atoms with van der Waals surface area (Å²) in [5, 5.41) is 0. The summed E-state index contributed by atoms with van der Waals surface area (Å²) in [4.78, 5) is 29.7. The Labute approximate surface area is 161 Å². The van der Waals surface area contributed by atoms with E-state index >= 15 is 0 Å². The lowest BCUT2D eigenvalue weighted by molar-refractivity contribution is -0.123. The third-order valence-electron chi connectivity index (χ3n) is 5.39. The third kappa shape index (κ3) is 2.65. The van der Waals surface area contributed by atoms with E-state index in [2.05, 4.69) is 15.9 Å². The maximum atomic E-state index is 13.5. The fourth-order valence-corrected chi connectivity index (χ4v) is 4.57. The van der Waals surface area contributed by atoms with Crippen molar-refractivity contribution in [1.82, 2.24) is 4.90 Å². The lowest BCUT2D eigenvalue weighted by atomic mass is 9.88. The molecule has 2 heterocycles. The average Bonchev–Trinajstić information content (AvgIpc) is 3.08. The maximum absolute atomic E-state index is 13.5. The third-order valence-corrected chi connectivity index (χ3v) is 5.92. The van der Waals surface area contributed by atoms with Crippen LogP contribution >= 0.6 is 15.9 Å². The van der Waals surface area contributed by atoms with Gasteiger partial charge in [-0.1, -0.05) is 34.1 Å². The fourth-order valence-electron chi connectivity index (χ4n) is 4.30. The Hall–Kier alpha value is -2.14. The zero-order valence-electron chi connectivity index (χ0n) is 15.0. The van der Waals surface area contributed by atoms with Crippen LogP contribution in [-0.2, 0) is 11.2 Å². The first-order valence-corrected chi connectivity index (χ1v) is 9.69. The molecule has 0 spiro atoms. The monoisotopic (exact) mass is 412 g/mol. The summed E-state index contributed by atoms with van der Waals surface area (Å²) in [6, 6.07) is 13.7. The first-order valence-electron chi connectivity index (χ1n) is 8.90. The first-order chi connectivity index (χ1) is 12.4. The molecule has 4 rings (SSSR count). The number of hydrogen-bond donors (Lipinski definition) is 0. The molecule has 134 valence electrons. The summed E-state index contributed by atoms with van der Waals surface area (Å²) in [6.07, 6.45) is 2.15. The molecule has 2 aromatic carbocycles. The molecule has 0 saturated carbocycles. The molecule has 3 amide bonds. The zero-order valence-corrected chi connectivity index (χ0v) is 16.5. The second-order valence-corrected chi connectivity index (χ2v) is 8.27. The minimum absolute atomic E-state index is 0.0899. The number of fused-ring (bicyclic) bond motifs is 1. The number of aryl methyl sites for hydroxylation is 2. The summed E-state index contributed by atoms with van der Waals surface area (Å²) in [5.41, 5.74) is 3.11. The minimum atomic E-state index is -0.747. The summed E-state index contributed by atoms with van der Waals surface area (Å²) >= 11 is 3.45. The number of halogens is 1. The standard InChI is InChI=1S/C21H21BrN2O2/c1-14-10-15(2)12-18(11-14)24-19(25)21(8-3-9-23(21)20(24)26)13-16-4-6-17(22)7-5-16/h4-7,10-12H,3,8-9,13H2,1-2H3. The van der Waals surface area contributed by atoms with Gasteiger partial charge in [0.25, 0.3) is 5.91 Å². The van der Waals surface area contributed by atoms with Crippen LogP contribution in [0.2, 0.25) is 0 Å². The van der Waals surface area contributed by atoms with Crippen molar-refractivity contribution in [2.45, 2.75) is 38.6 Å². The molecule has 2 aromatic rings. The van der Waals surface area contributed by atoms with Gasteiger partial charge >= 0.3 is 6.03 Å². The predicted molar refractivity (Wildman–Crippen MR) is 105 cm³/mol. The van der Waals surface area contributed by atoms with Gasteiger partial charge in [-0.3, -0.25) is 4.79 Å². The van der Waals surface area contributed by atoms with Crippen LogP contribution in [0.4, 0.5) is 10.5 Å². The highest BCUT2D eigenvalue weighted by atomic mass is 79.9. The molecule has 5 heteroatoms. The molecule has 0 aliphatic carbocycles. The molecule has 2 saturated heterocycles. The van der Waals surface area contributed by atoms with E-state index in [0.717, 1.165) is 34.0 Å². The second kappa shape index (κ2) is 6.23. The maximum Gasteiger partial charge on any atom is 0.332 e. The van der Waals surface area contributed by atoms with E-state index in [1.165, 1.54) is 4.90 Å².